The fraction of sp³-hybridized carbons (Fsp3) is 0.333. The second-order valence-electron chi connectivity index (χ2n) is 3.16. The summed E-state index contributed by atoms with van der Waals surface area (Å²) in [7, 11) is 0. The summed E-state index contributed by atoms with van der Waals surface area (Å²) in [6, 6.07) is 1.29. The second-order valence-corrected chi connectivity index (χ2v) is 3.16. The van der Waals surface area contributed by atoms with Gasteiger partial charge in [-0.2, -0.15) is 0 Å². The lowest BCUT2D eigenvalue weighted by Crippen LogP contribution is -2.06. The maximum Gasteiger partial charge on any atom is 0.275 e. The van der Waals surface area contributed by atoms with Gasteiger partial charge in [0.2, 0.25) is 0 Å². The lowest BCUT2D eigenvalue weighted by Gasteiger charge is -2.10. The van der Waals surface area contributed by atoms with Gasteiger partial charge in [0.25, 0.3) is 5.69 Å². The molecule has 1 aromatic carbocycles. The molecule has 0 aliphatic heterocycles. The molecule has 0 saturated carbocycles. The van der Waals surface area contributed by atoms with E-state index in [4.69, 9.17) is 5.11 Å². The number of rotatable bonds is 3. The molecular formula is C9H9F2NO3. The van der Waals surface area contributed by atoms with Gasteiger partial charge < -0.3 is 5.11 Å². The van der Waals surface area contributed by atoms with Gasteiger partial charge in [0.15, 0.2) is 0 Å². The third-order valence-electron chi connectivity index (χ3n) is 2.04. The van der Waals surface area contributed by atoms with E-state index in [9.17, 15) is 18.9 Å². The van der Waals surface area contributed by atoms with Gasteiger partial charge in [-0.25, -0.2) is 8.78 Å². The molecule has 15 heavy (non-hydrogen) atoms. The van der Waals surface area contributed by atoms with E-state index in [0.29, 0.717) is 12.1 Å². The van der Waals surface area contributed by atoms with Crippen molar-refractivity contribution in [3.05, 3.63) is 39.4 Å². The SMILES string of the molecule is C[C@H](CO)c1c(F)cc([N+](=O)[O-])cc1F. The fourth-order valence-corrected chi connectivity index (χ4v) is 1.24. The van der Waals surface area contributed by atoms with Crippen molar-refractivity contribution >= 4 is 5.69 Å². The zero-order valence-electron chi connectivity index (χ0n) is 7.91. The van der Waals surface area contributed by atoms with Crippen molar-refractivity contribution in [1.29, 1.82) is 0 Å². The molecule has 0 saturated heterocycles. The summed E-state index contributed by atoms with van der Waals surface area (Å²) in [6.07, 6.45) is 0. The summed E-state index contributed by atoms with van der Waals surface area (Å²) >= 11 is 0. The molecule has 82 valence electrons. The van der Waals surface area contributed by atoms with E-state index >= 15 is 0 Å². The first-order chi connectivity index (χ1) is 6.97. The molecule has 0 aliphatic carbocycles. The van der Waals surface area contributed by atoms with Gasteiger partial charge in [0.1, 0.15) is 11.6 Å². The van der Waals surface area contributed by atoms with E-state index in [0.717, 1.165) is 0 Å². The van der Waals surface area contributed by atoms with E-state index in [1.54, 1.807) is 0 Å². The third kappa shape index (κ3) is 2.27. The highest BCUT2D eigenvalue weighted by Crippen LogP contribution is 2.26. The zero-order chi connectivity index (χ0) is 11.6. The van der Waals surface area contributed by atoms with Gasteiger partial charge >= 0.3 is 0 Å². The van der Waals surface area contributed by atoms with Gasteiger partial charge in [0, 0.05) is 18.1 Å². The summed E-state index contributed by atoms with van der Waals surface area (Å²) in [6.45, 7) is 0.999. The summed E-state index contributed by atoms with van der Waals surface area (Å²) in [5, 5.41) is 19.0. The topological polar surface area (TPSA) is 63.4 Å². The second kappa shape index (κ2) is 4.31. The Morgan fingerprint density at radius 1 is 1.47 bits per heavy atom. The zero-order valence-corrected chi connectivity index (χ0v) is 7.91. The van der Waals surface area contributed by atoms with Crippen LogP contribution < -0.4 is 0 Å². The van der Waals surface area contributed by atoms with Gasteiger partial charge in [-0.15, -0.1) is 0 Å². The Balaban J connectivity index is 3.27. The van der Waals surface area contributed by atoms with E-state index < -0.39 is 34.8 Å². The Kier molecular flexibility index (Phi) is 3.31. The van der Waals surface area contributed by atoms with E-state index in [-0.39, 0.29) is 5.56 Å². The van der Waals surface area contributed by atoms with Crippen LogP contribution in [0.2, 0.25) is 0 Å². The largest absolute Gasteiger partial charge is 0.396 e. The molecule has 0 heterocycles. The van der Waals surface area contributed by atoms with E-state index in [1.165, 1.54) is 6.92 Å². The number of non-ortho nitro benzene ring substituents is 1. The number of nitrogens with zero attached hydrogens (tertiary/aromatic N) is 1. The fourth-order valence-electron chi connectivity index (χ4n) is 1.24. The van der Waals surface area contributed by atoms with Crippen molar-refractivity contribution in [2.24, 2.45) is 0 Å². The molecule has 0 aliphatic rings. The van der Waals surface area contributed by atoms with Crippen molar-refractivity contribution in [2.75, 3.05) is 6.61 Å². The Morgan fingerprint density at radius 3 is 2.27 bits per heavy atom. The number of aliphatic hydroxyl groups excluding tert-OH is 1. The third-order valence-corrected chi connectivity index (χ3v) is 2.04. The number of halogens is 2. The lowest BCUT2D eigenvalue weighted by molar-refractivity contribution is -0.385. The van der Waals surface area contributed by atoms with Crippen LogP contribution in [0.3, 0.4) is 0 Å². The van der Waals surface area contributed by atoms with E-state index in [2.05, 4.69) is 0 Å². The Morgan fingerprint density at radius 2 is 1.93 bits per heavy atom. The Hall–Kier alpha value is -1.56. The molecule has 0 fully saturated rings. The molecule has 0 unspecified atom stereocenters. The highest BCUT2D eigenvalue weighted by atomic mass is 19.1. The molecule has 6 heteroatoms. The monoisotopic (exact) mass is 217 g/mol. The first-order valence-corrected chi connectivity index (χ1v) is 4.21. The first kappa shape index (κ1) is 11.5. The predicted molar refractivity (Wildman–Crippen MR) is 48.5 cm³/mol. The summed E-state index contributed by atoms with van der Waals surface area (Å²) in [5.74, 6) is -2.75. The van der Waals surface area contributed by atoms with Crippen LogP contribution in [0, 0.1) is 21.7 Å². The van der Waals surface area contributed by atoms with Crippen molar-refractivity contribution in [1.82, 2.24) is 0 Å². The molecule has 1 N–H and O–H groups in total. The molecule has 1 atom stereocenters. The number of hydrogen-bond donors (Lipinski definition) is 1. The van der Waals surface area contributed by atoms with Gasteiger partial charge in [-0.3, -0.25) is 10.1 Å². The van der Waals surface area contributed by atoms with Crippen LogP contribution in [0.15, 0.2) is 12.1 Å². The minimum Gasteiger partial charge on any atom is -0.396 e. The lowest BCUT2D eigenvalue weighted by atomic mass is 10.0. The molecule has 0 spiro atoms. The van der Waals surface area contributed by atoms with Crippen molar-refractivity contribution in [3.63, 3.8) is 0 Å². The van der Waals surface area contributed by atoms with E-state index in [1.807, 2.05) is 0 Å². The van der Waals surface area contributed by atoms with Crippen LogP contribution in [0.4, 0.5) is 14.5 Å². The maximum atomic E-state index is 13.3. The molecule has 0 amide bonds. The molecule has 1 rings (SSSR count). The molecule has 1 aromatic rings. The highest BCUT2D eigenvalue weighted by molar-refractivity contribution is 5.37. The first-order valence-electron chi connectivity index (χ1n) is 4.21. The van der Waals surface area contributed by atoms with Gasteiger partial charge in [-0.1, -0.05) is 6.92 Å². The number of hydrogen-bond acceptors (Lipinski definition) is 3. The van der Waals surface area contributed by atoms with Crippen LogP contribution in [0.25, 0.3) is 0 Å². The smallest absolute Gasteiger partial charge is 0.275 e. The average molecular weight is 217 g/mol. The van der Waals surface area contributed by atoms with Crippen LogP contribution in [0.5, 0.6) is 0 Å². The summed E-state index contributed by atoms with van der Waals surface area (Å²) < 4.78 is 26.5. The molecule has 0 radical (unpaired) electrons. The van der Waals surface area contributed by atoms with Crippen LogP contribution >= 0.6 is 0 Å². The number of nitro groups is 1. The molecular weight excluding hydrogens is 208 g/mol. The van der Waals surface area contributed by atoms with Crippen LogP contribution in [-0.4, -0.2) is 16.6 Å². The van der Waals surface area contributed by atoms with Crippen molar-refractivity contribution < 1.29 is 18.8 Å². The minimum atomic E-state index is -1.01. The summed E-state index contributed by atoms with van der Waals surface area (Å²) in [5.41, 5.74) is -0.970. The van der Waals surface area contributed by atoms with Crippen molar-refractivity contribution in [3.8, 4) is 0 Å². The Labute approximate surface area is 84.3 Å². The van der Waals surface area contributed by atoms with Crippen LogP contribution in [-0.2, 0) is 0 Å². The normalized spacial score (nSPS) is 12.5. The summed E-state index contributed by atoms with van der Waals surface area (Å²) in [4.78, 5) is 9.40. The average Bonchev–Trinajstić information content (AvgIpc) is 2.16. The maximum absolute atomic E-state index is 13.3. The Bertz CT molecular complexity index is 372. The van der Waals surface area contributed by atoms with Gasteiger partial charge in [0.05, 0.1) is 17.1 Å². The highest BCUT2D eigenvalue weighted by Gasteiger charge is 2.20. The number of aliphatic hydroxyl groups is 1. The molecule has 4 nitrogen and oxygen atoms in total. The number of nitro benzene ring substituents is 1. The van der Waals surface area contributed by atoms with Gasteiger partial charge in [-0.05, 0) is 0 Å². The number of benzene rings is 1. The molecule has 0 aromatic heterocycles. The quantitative estimate of drug-likeness (QED) is 0.621. The van der Waals surface area contributed by atoms with Crippen molar-refractivity contribution in [2.45, 2.75) is 12.8 Å². The minimum absolute atomic E-state index is 0.330. The predicted octanol–water partition coefficient (Wildman–Crippen LogP) is 1.97. The van der Waals surface area contributed by atoms with Crippen LogP contribution in [0.1, 0.15) is 18.4 Å². The standard InChI is InChI=1S/C9H9F2NO3/c1-5(4-13)9-7(10)2-6(12(14)15)3-8(9)11/h2-3,5,13H,4H2,1H3/t5-/m1/s1. The molecule has 0 bridgehead atoms.